The fraction of sp³-hybridized carbons (Fsp3) is 0.404. The van der Waals surface area contributed by atoms with Gasteiger partial charge >= 0.3 is 12.4 Å². The van der Waals surface area contributed by atoms with Crippen molar-refractivity contribution in [3.8, 4) is 11.8 Å². The molecule has 0 atom stereocenters. The minimum absolute atomic E-state index is 0.0205. The minimum Gasteiger partial charge on any atom is -0.496 e. The predicted octanol–water partition coefficient (Wildman–Crippen LogP) is 14.6. The van der Waals surface area contributed by atoms with E-state index < -0.39 is 29.4 Å². The highest BCUT2D eigenvalue weighted by Crippen LogP contribution is 2.38. The highest BCUT2D eigenvalue weighted by molar-refractivity contribution is 5.79. The molecule has 0 amide bonds. The maximum absolute atomic E-state index is 12.4. The highest BCUT2D eigenvalue weighted by Gasteiger charge is 2.37. The van der Waals surface area contributed by atoms with Gasteiger partial charge in [0, 0.05) is 11.6 Å². The summed E-state index contributed by atoms with van der Waals surface area (Å²) in [4.78, 5) is 4.28. The molecule has 0 radical (unpaired) electrons. The van der Waals surface area contributed by atoms with Gasteiger partial charge in [0.1, 0.15) is 5.75 Å². The van der Waals surface area contributed by atoms with Gasteiger partial charge in [-0.1, -0.05) is 91.8 Å². The Balaban J connectivity index is 0.000000201. The number of hydrogen-bond acceptors (Lipinski definition) is 3. The maximum atomic E-state index is 12.4. The first-order valence-electron chi connectivity index (χ1n) is 19.1. The van der Waals surface area contributed by atoms with Crippen LogP contribution in [0.25, 0.3) is 10.9 Å². The van der Waals surface area contributed by atoms with Crippen molar-refractivity contribution in [1.82, 2.24) is 4.98 Å². The van der Waals surface area contributed by atoms with E-state index in [1.54, 1.807) is 29.9 Å². The zero-order valence-corrected chi connectivity index (χ0v) is 33.9. The highest BCUT2D eigenvalue weighted by atomic mass is 19.4. The number of nitrogens with zero attached hydrogens (tertiary/aromatic N) is 2. The van der Waals surface area contributed by atoms with Crippen molar-refractivity contribution in [3.63, 3.8) is 0 Å². The van der Waals surface area contributed by atoms with Crippen molar-refractivity contribution < 1.29 is 31.1 Å². The third-order valence-electron chi connectivity index (χ3n) is 9.61. The number of alkyl halides is 6. The van der Waals surface area contributed by atoms with Crippen LogP contribution in [0.2, 0.25) is 0 Å². The zero-order chi connectivity index (χ0) is 41.8. The van der Waals surface area contributed by atoms with Crippen molar-refractivity contribution in [1.29, 1.82) is 5.26 Å². The molecule has 0 saturated carbocycles. The number of fused-ring (bicyclic) bond motifs is 2. The van der Waals surface area contributed by atoms with Gasteiger partial charge in [0.25, 0.3) is 0 Å². The van der Waals surface area contributed by atoms with Gasteiger partial charge in [0.05, 0.1) is 35.4 Å². The number of nitriles is 1. The molecular weight excluding hydrogens is 723 g/mol. The van der Waals surface area contributed by atoms with E-state index in [-0.39, 0.29) is 11.6 Å². The van der Waals surface area contributed by atoms with Crippen LogP contribution >= 0.6 is 0 Å². The normalized spacial score (nSPS) is 12.5. The van der Waals surface area contributed by atoms with Crippen molar-refractivity contribution in [2.45, 2.75) is 117 Å². The SMILES string of the molecule is CC(C)c1cc(C(F)(F)F)cc(C(F)(F)F)c1.CC(C)c1ccc2ncccc2c1.CC(C)c1cccc2c1CCCC2.COc1cc(C#N)ccc1C(C)C. The lowest BCUT2D eigenvalue weighted by Gasteiger charge is -2.21. The van der Waals surface area contributed by atoms with Crippen molar-refractivity contribution in [2.24, 2.45) is 0 Å². The maximum Gasteiger partial charge on any atom is 0.416 e. The van der Waals surface area contributed by atoms with Crippen LogP contribution in [0.4, 0.5) is 26.3 Å². The first-order chi connectivity index (χ1) is 26.3. The average Bonchev–Trinajstić information content (AvgIpc) is 3.16. The van der Waals surface area contributed by atoms with Crippen LogP contribution in [0.15, 0.2) is 91.1 Å². The first kappa shape index (κ1) is 45.5. The molecule has 0 unspecified atom stereocenters. The van der Waals surface area contributed by atoms with Gasteiger partial charge in [-0.05, 0) is 131 Å². The Kier molecular flexibility index (Phi) is 16.6. The van der Waals surface area contributed by atoms with E-state index in [2.05, 4.69) is 95.1 Å². The molecule has 300 valence electrons. The second-order valence-corrected chi connectivity index (χ2v) is 15.2. The van der Waals surface area contributed by atoms with E-state index >= 15 is 0 Å². The second kappa shape index (κ2) is 20.4. The lowest BCUT2D eigenvalue weighted by Crippen LogP contribution is -2.12. The Morgan fingerprint density at radius 3 is 1.77 bits per heavy atom. The van der Waals surface area contributed by atoms with Crippen LogP contribution in [0.3, 0.4) is 0 Å². The number of benzene rings is 4. The van der Waals surface area contributed by atoms with Crippen molar-refractivity contribution >= 4 is 10.9 Å². The number of halogens is 6. The topological polar surface area (TPSA) is 45.9 Å². The van der Waals surface area contributed by atoms with Gasteiger partial charge in [0.2, 0.25) is 0 Å². The van der Waals surface area contributed by atoms with E-state index in [1.165, 1.54) is 50.5 Å². The molecule has 1 aliphatic rings. The average molecular weight is 777 g/mol. The molecule has 0 bridgehead atoms. The summed E-state index contributed by atoms with van der Waals surface area (Å²) in [5.41, 5.74) is 6.56. The Labute approximate surface area is 328 Å². The molecule has 0 saturated heterocycles. The number of hydrogen-bond donors (Lipinski definition) is 0. The summed E-state index contributed by atoms with van der Waals surface area (Å²) in [6.45, 7) is 16.3. The molecule has 0 fully saturated rings. The van der Waals surface area contributed by atoms with Gasteiger partial charge in [-0.2, -0.15) is 31.6 Å². The number of rotatable bonds is 5. The molecule has 0 N–H and O–H groups in total. The second-order valence-electron chi connectivity index (χ2n) is 15.2. The van der Waals surface area contributed by atoms with Crippen LogP contribution in [0.5, 0.6) is 5.75 Å². The lowest BCUT2D eigenvalue weighted by molar-refractivity contribution is -0.143. The molecule has 4 aromatic carbocycles. The van der Waals surface area contributed by atoms with E-state index in [1.807, 2.05) is 24.4 Å². The number of aryl methyl sites for hydroxylation is 1. The van der Waals surface area contributed by atoms with Gasteiger partial charge in [0.15, 0.2) is 0 Å². The van der Waals surface area contributed by atoms with Crippen molar-refractivity contribution in [3.05, 3.63) is 141 Å². The molecule has 1 heterocycles. The number of aromatic nitrogens is 1. The van der Waals surface area contributed by atoms with Gasteiger partial charge in [-0.3, -0.25) is 4.98 Å². The summed E-state index contributed by atoms with van der Waals surface area (Å²) in [6, 6.07) is 26.6. The van der Waals surface area contributed by atoms with Crippen LogP contribution in [0.1, 0.15) is 142 Å². The first-order valence-corrected chi connectivity index (χ1v) is 19.1. The quantitative estimate of drug-likeness (QED) is 0.167. The minimum atomic E-state index is -4.77. The van der Waals surface area contributed by atoms with Gasteiger partial charge in [-0.15, -0.1) is 0 Å². The Hall–Kier alpha value is -4.84. The van der Waals surface area contributed by atoms with Crippen LogP contribution in [-0.2, 0) is 25.2 Å². The summed E-state index contributed by atoms with van der Waals surface area (Å²) in [5, 5.41) is 9.91. The summed E-state index contributed by atoms with van der Waals surface area (Å²) in [6.07, 6.45) is -2.34. The summed E-state index contributed by atoms with van der Waals surface area (Å²) in [5.74, 6) is 2.09. The Bertz CT molecular complexity index is 2020. The molecule has 5 aromatic rings. The van der Waals surface area contributed by atoms with Crippen LogP contribution in [-0.4, -0.2) is 12.1 Å². The number of ether oxygens (including phenoxy) is 1. The third-order valence-corrected chi connectivity index (χ3v) is 9.61. The van der Waals surface area contributed by atoms with Gasteiger partial charge in [-0.25, -0.2) is 0 Å². The Morgan fingerprint density at radius 1 is 0.625 bits per heavy atom. The molecule has 1 aliphatic carbocycles. The number of methoxy groups -OCH3 is 1. The van der Waals surface area contributed by atoms with Crippen LogP contribution in [0, 0.1) is 11.3 Å². The lowest BCUT2D eigenvalue weighted by atomic mass is 9.85. The number of pyridine rings is 1. The molecule has 3 nitrogen and oxygen atoms in total. The van der Waals surface area contributed by atoms with Gasteiger partial charge < -0.3 is 4.74 Å². The Morgan fingerprint density at radius 2 is 1.23 bits per heavy atom. The standard InChI is InChI=1S/C13H18.C12H13N.C11H10F6.C11H13NO/c1-10(2)12-9-5-7-11-6-3-4-8-13(11)12;1-9(2)10-5-6-12-11(8-10)4-3-7-13-12;1-6(2)7-3-8(10(12,13)14)5-9(4-7)11(15,16)17;1-8(2)10-5-4-9(7-12)6-11(10)13-3/h5,7,9-10H,3-4,6,8H2,1-2H3;3-9H,1-2H3;3-6H,1-2H3;4-6,8H,1-3H3. The molecule has 0 spiro atoms. The molecule has 9 heteroatoms. The third kappa shape index (κ3) is 13.1. The molecule has 0 aliphatic heterocycles. The zero-order valence-electron chi connectivity index (χ0n) is 33.9. The monoisotopic (exact) mass is 776 g/mol. The summed E-state index contributed by atoms with van der Waals surface area (Å²) in [7, 11) is 1.63. The van der Waals surface area contributed by atoms with Crippen LogP contribution < -0.4 is 4.74 Å². The predicted molar refractivity (Wildman–Crippen MR) is 215 cm³/mol. The molecular formula is C47H54F6N2O. The largest absolute Gasteiger partial charge is 0.496 e. The molecule has 6 rings (SSSR count). The molecule has 1 aromatic heterocycles. The summed E-state index contributed by atoms with van der Waals surface area (Å²) >= 11 is 0. The molecule has 56 heavy (non-hydrogen) atoms. The van der Waals surface area contributed by atoms with E-state index in [0.717, 1.165) is 29.0 Å². The fourth-order valence-corrected chi connectivity index (χ4v) is 6.37. The smallest absolute Gasteiger partial charge is 0.416 e. The van der Waals surface area contributed by atoms with E-state index in [0.29, 0.717) is 23.3 Å². The summed E-state index contributed by atoms with van der Waals surface area (Å²) < 4.78 is 79.8. The van der Waals surface area contributed by atoms with E-state index in [4.69, 9.17) is 10.00 Å². The van der Waals surface area contributed by atoms with Crippen molar-refractivity contribution in [2.75, 3.05) is 7.11 Å². The fourth-order valence-electron chi connectivity index (χ4n) is 6.37. The van der Waals surface area contributed by atoms with E-state index in [9.17, 15) is 26.3 Å².